The molecule has 3 aromatic rings. The zero-order chi connectivity index (χ0) is 13.4. The third-order valence-electron chi connectivity index (χ3n) is 2.79. The van der Waals surface area contributed by atoms with Crippen LogP contribution in [0, 0.1) is 6.92 Å². The van der Waals surface area contributed by atoms with E-state index in [1.54, 1.807) is 6.92 Å². The fraction of sp³-hybridized carbons (Fsp3) is 0.0769. The third kappa shape index (κ3) is 1.93. The molecule has 0 fully saturated rings. The quantitative estimate of drug-likeness (QED) is 0.677. The van der Waals surface area contributed by atoms with Gasteiger partial charge in [0.25, 0.3) is 5.56 Å². The highest BCUT2D eigenvalue weighted by Gasteiger charge is 2.10. The molecule has 0 bridgehead atoms. The van der Waals surface area contributed by atoms with Crippen LogP contribution >= 0.6 is 0 Å². The maximum absolute atomic E-state index is 11.7. The predicted octanol–water partition coefficient (Wildman–Crippen LogP) is 0.982. The number of aromatic nitrogens is 4. The fourth-order valence-electron chi connectivity index (χ4n) is 1.94. The van der Waals surface area contributed by atoms with Crippen LogP contribution in [-0.4, -0.2) is 19.9 Å². The highest BCUT2D eigenvalue weighted by Crippen LogP contribution is 2.20. The van der Waals surface area contributed by atoms with Crippen LogP contribution in [-0.2, 0) is 0 Å². The van der Waals surface area contributed by atoms with E-state index in [2.05, 4.69) is 19.9 Å². The Morgan fingerprint density at radius 3 is 2.47 bits per heavy atom. The maximum Gasteiger partial charge on any atom is 0.327 e. The molecule has 2 heterocycles. The number of aryl methyl sites for hydroxylation is 1. The van der Waals surface area contributed by atoms with Crippen molar-refractivity contribution in [3.05, 3.63) is 56.9 Å². The van der Waals surface area contributed by atoms with Gasteiger partial charge in [0.05, 0.1) is 11.4 Å². The number of benzene rings is 1. The minimum atomic E-state index is -0.585. The number of fused-ring (bicyclic) bond motifs is 1. The molecule has 19 heavy (non-hydrogen) atoms. The summed E-state index contributed by atoms with van der Waals surface area (Å²) >= 11 is 0. The molecule has 0 aliphatic carbocycles. The molecule has 0 saturated carbocycles. The standard InChI is InChI=1S/C13H10N4O2/c1-7-9(8-5-3-2-4-6-8)15-10-11(14-7)16-13(19)17-12(10)18/h2-6H,1H3,(H2,14,16,17,18,19). The molecule has 2 N–H and O–H groups in total. The summed E-state index contributed by atoms with van der Waals surface area (Å²) in [6, 6.07) is 9.46. The van der Waals surface area contributed by atoms with Crippen LogP contribution in [0.3, 0.4) is 0 Å². The second kappa shape index (κ2) is 4.16. The summed E-state index contributed by atoms with van der Waals surface area (Å²) < 4.78 is 0. The lowest BCUT2D eigenvalue weighted by Crippen LogP contribution is -2.23. The average Bonchev–Trinajstić information content (AvgIpc) is 2.38. The molecule has 0 aliphatic heterocycles. The van der Waals surface area contributed by atoms with Crippen molar-refractivity contribution in [3.8, 4) is 11.3 Å². The summed E-state index contributed by atoms with van der Waals surface area (Å²) in [5.74, 6) is 0. The van der Waals surface area contributed by atoms with Crippen LogP contribution in [0.2, 0.25) is 0 Å². The molecule has 0 radical (unpaired) electrons. The summed E-state index contributed by atoms with van der Waals surface area (Å²) in [6.45, 7) is 1.79. The molecule has 0 aliphatic rings. The number of nitrogens with zero attached hydrogens (tertiary/aromatic N) is 2. The molecule has 2 aromatic heterocycles. The first-order valence-electron chi connectivity index (χ1n) is 5.71. The lowest BCUT2D eigenvalue weighted by molar-refractivity contribution is 1.03. The molecular formula is C13H10N4O2. The van der Waals surface area contributed by atoms with Gasteiger partial charge < -0.3 is 0 Å². The number of rotatable bonds is 1. The van der Waals surface area contributed by atoms with Crippen LogP contribution in [0.4, 0.5) is 0 Å². The molecule has 6 nitrogen and oxygen atoms in total. The Bertz CT molecular complexity index is 865. The van der Waals surface area contributed by atoms with E-state index in [1.807, 2.05) is 30.3 Å². The number of hydrogen-bond acceptors (Lipinski definition) is 4. The van der Waals surface area contributed by atoms with Gasteiger partial charge in [0.15, 0.2) is 11.2 Å². The first-order chi connectivity index (χ1) is 9.15. The summed E-state index contributed by atoms with van der Waals surface area (Å²) in [7, 11) is 0. The van der Waals surface area contributed by atoms with Crippen molar-refractivity contribution in [1.29, 1.82) is 0 Å². The molecule has 0 amide bonds. The van der Waals surface area contributed by atoms with Crippen LogP contribution in [0.5, 0.6) is 0 Å². The van der Waals surface area contributed by atoms with Gasteiger partial charge in [-0.15, -0.1) is 0 Å². The van der Waals surface area contributed by atoms with Gasteiger partial charge in [-0.2, -0.15) is 0 Å². The van der Waals surface area contributed by atoms with Crippen molar-refractivity contribution in [2.24, 2.45) is 0 Å². The lowest BCUT2D eigenvalue weighted by Gasteiger charge is -2.05. The van der Waals surface area contributed by atoms with Crippen molar-refractivity contribution in [2.75, 3.05) is 0 Å². The van der Waals surface area contributed by atoms with Gasteiger partial charge in [-0.1, -0.05) is 30.3 Å². The van der Waals surface area contributed by atoms with Crippen molar-refractivity contribution >= 4 is 11.2 Å². The first kappa shape index (κ1) is 11.3. The van der Waals surface area contributed by atoms with E-state index in [4.69, 9.17) is 0 Å². The van der Waals surface area contributed by atoms with E-state index in [1.165, 1.54) is 0 Å². The molecule has 0 spiro atoms. The molecule has 0 atom stereocenters. The largest absolute Gasteiger partial charge is 0.327 e. The second-order valence-electron chi connectivity index (χ2n) is 4.13. The average molecular weight is 254 g/mol. The Morgan fingerprint density at radius 2 is 1.74 bits per heavy atom. The highest BCUT2D eigenvalue weighted by molar-refractivity contribution is 5.74. The smallest absolute Gasteiger partial charge is 0.290 e. The Morgan fingerprint density at radius 1 is 1.00 bits per heavy atom. The number of H-pyrrole nitrogens is 2. The zero-order valence-corrected chi connectivity index (χ0v) is 10.1. The summed E-state index contributed by atoms with van der Waals surface area (Å²) in [4.78, 5) is 36.1. The van der Waals surface area contributed by atoms with Gasteiger partial charge in [-0.25, -0.2) is 14.8 Å². The summed E-state index contributed by atoms with van der Waals surface area (Å²) in [6.07, 6.45) is 0. The van der Waals surface area contributed by atoms with E-state index in [0.29, 0.717) is 11.4 Å². The van der Waals surface area contributed by atoms with Crippen molar-refractivity contribution in [2.45, 2.75) is 6.92 Å². The number of nitrogens with one attached hydrogen (secondary N) is 2. The first-order valence-corrected chi connectivity index (χ1v) is 5.71. The van der Waals surface area contributed by atoms with E-state index < -0.39 is 11.2 Å². The SMILES string of the molecule is Cc1nc2[nH]c(=O)[nH]c(=O)c2nc1-c1ccccc1. The van der Waals surface area contributed by atoms with Crippen LogP contribution < -0.4 is 11.2 Å². The van der Waals surface area contributed by atoms with Gasteiger partial charge in [0.1, 0.15) is 0 Å². The third-order valence-corrected chi connectivity index (χ3v) is 2.79. The van der Waals surface area contributed by atoms with E-state index in [9.17, 15) is 9.59 Å². The van der Waals surface area contributed by atoms with Gasteiger partial charge in [0, 0.05) is 5.56 Å². The van der Waals surface area contributed by atoms with E-state index >= 15 is 0 Å². The number of aromatic amines is 2. The van der Waals surface area contributed by atoms with Gasteiger partial charge in [-0.05, 0) is 6.92 Å². The Balaban J connectivity index is 2.37. The maximum atomic E-state index is 11.7. The molecule has 0 saturated heterocycles. The van der Waals surface area contributed by atoms with Gasteiger partial charge in [-0.3, -0.25) is 14.8 Å². The second-order valence-corrected chi connectivity index (χ2v) is 4.13. The normalized spacial score (nSPS) is 10.8. The molecular weight excluding hydrogens is 244 g/mol. The molecule has 1 aromatic carbocycles. The summed E-state index contributed by atoms with van der Waals surface area (Å²) in [5, 5.41) is 0. The molecule has 6 heteroatoms. The fourth-order valence-corrected chi connectivity index (χ4v) is 1.94. The minimum absolute atomic E-state index is 0.129. The van der Waals surface area contributed by atoms with Gasteiger partial charge in [0.2, 0.25) is 0 Å². The van der Waals surface area contributed by atoms with Crippen LogP contribution in [0.1, 0.15) is 5.69 Å². The van der Waals surface area contributed by atoms with Crippen LogP contribution in [0.25, 0.3) is 22.4 Å². The minimum Gasteiger partial charge on any atom is -0.290 e. The molecule has 0 unspecified atom stereocenters. The van der Waals surface area contributed by atoms with Crippen LogP contribution in [0.15, 0.2) is 39.9 Å². The molecule has 3 rings (SSSR count). The Kier molecular flexibility index (Phi) is 2.49. The zero-order valence-electron chi connectivity index (χ0n) is 10.1. The molecule has 94 valence electrons. The van der Waals surface area contributed by atoms with E-state index in [0.717, 1.165) is 5.56 Å². The number of hydrogen-bond donors (Lipinski definition) is 2. The Labute approximate surface area is 107 Å². The van der Waals surface area contributed by atoms with Crippen molar-refractivity contribution in [3.63, 3.8) is 0 Å². The van der Waals surface area contributed by atoms with Crippen molar-refractivity contribution < 1.29 is 0 Å². The highest BCUT2D eigenvalue weighted by atomic mass is 16.2. The predicted molar refractivity (Wildman–Crippen MR) is 71.0 cm³/mol. The summed E-state index contributed by atoms with van der Waals surface area (Å²) in [5.41, 5.74) is 1.36. The van der Waals surface area contributed by atoms with Gasteiger partial charge >= 0.3 is 5.69 Å². The van der Waals surface area contributed by atoms with Crippen molar-refractivity contribution in [1.82, 2.24) is 19.9 Å². The Hall–Kier alpha value is -2.76. The van der Waals surface area contributed by atoms with E-state index in [-0.39, 0.29) is 11.2 Å². The monoisotopic (exact) mass is 254 g/mol. The lowest BCUT2D eigenvalue weighted by atomic mass is 10.1. The topological polar surface area (TPSA) is 91.5 Å².